The third kappa shape index (κ3) is 2.52. The number of rotatable bonds is 2. The lowest BCUT2D eigenvalue weighted by molar-refractivity contribution is 0.894. The van der Waals surface area contributed by atoms with Crippen molar-refractivity contribution in [1.29, 1.82) is 0 Å². The van der Waals surface area contributed by atoms with Crippen LogP contribution in [0.2, 0.25) is 9.36 Å². The Hall–Kier alpha value is -0.540. The number of hydrogen-bond acceptors (Lipinski definition) is 2. The highest BCUT2D eigenvalue weighted by molar-refractivity contribution is 7.16. The largest absolute Gasteiger partial charge is 0.320 e. The molecule has 1 unspecified atom stereocenters. The molecule has 0 bridgehead atoms. The quantitative estimate of drug-likeness (QED) is 0.862. The normalized spacial score (nSPS) is 12.7. The van der Waals surface area contributed by atoms with Crippen molar-refractivity contribution in [1.82, 2.24) is 0 Å². The summed E-state index contributed by atoms with van der Waals surface area (Å²) in [6.45, 7) is 0. The van der Waals surface area contributed by atoms with Crippen molar-refractivity contribution in [2.24, 2.45) is 5.73 Å². The van der Waals surface area contributed by atoms with Crippen LogP contribution in [-0.4, -0.2) is 0 Å². The van der Waals surface area contributed by atoms with Crippen LogP contribution >= 0.6 is 34.5 Å². The lowest BCUT2D eigenvalue weighted by Crippen LogP contribution is -2.09. The maximum absolute atomic E-state index is 6.09. The zero-order valence-electron chi connectivity index (χ0n) is 7.78. The van der Waals surface area contributed by atoms with Gasteiger partial charge in [-0.2, -0.15) is 0 Å². The van der Waals surface area contributed by atoms with Gasteiger partial charge in [-0.05, 0) is 29.8 Å². The topological polar surface area (TPSA) is 26.0 Å². The van der Waals surface area contributed by atoms with Gasteiger partial charge in [0.1, 0.15) is 0 Å². The summed E-state index contributed by atoms with van der Waals surface area (Å²) in [4.78, 5) is 1.04. The van der Waals surface area contributed by atoms with Crippen molar-refractivity contribution in [2.75, 3.05) is 0 Å². The molecule has 1 atom stereocenters. The molecule has 1 aromatic carbocycles. The highest BCUT2D eigenvalue weighted by Crippen LogP contribution is 2.30. The number of hydrogen-bond donors (Lipinski definition) is 1. The van der Waals surface area contributed by atoms with Crippen LogP contribution in [0.4, 0.5) is 0 Å². The average Bonchev–Trinajstić information content (AvgIpc) is 2.64. The van der Waals surface area contributed by atoms with Crippen molar-refractivity contribution < 1.29 is 0 Å². The van der Waals surface area contributed by atoms with E-state index in [4.69, 9.17) is 28.9 Å². The Morgan fingerprint density at radius 2 is 1.93 bits per heavy atom. The summed E-state index contributed by atoms with van der Waals surface area (Å²) >= 11 is 13.3. The summed E-state index contributed by atoms with van der Waals surface area (Å²) in [5.74, 6) is 0. The van der Waals surface area contributed by atoms with E-state index in [-0.39, 0.29) is 6.04 Å². The average molecular weight is 258 g/mol. The van der Waals surface area contributed by atoms with Crippen LogP contribution in [0.1, 0.15) is 16.5 Å². The molecule has 0 saturated carbocycles. The molecule has 2 rings (SSSR count). The Balaban J connectivity index is 2.32. The molecule has 0 radical (unpaired) electrons. The summed E-state index contributed by atoms with van der Waals surface area (Å²) < 4.78 is 0.752. The molecule has 15 heavy (non-hydrogen) atoms. The lowest BCUT2D eigenvalue weighted by Gasteiger charge is -2.09. The number of halogens is 2. The van der Waals surface area contributed by atoms with Crippen LogP contribution in [0.5, 0.6) is 0 Å². The fourth-order valence-electron chi connectivity index (χ4n) is 1.36. The van der Waals surface area contributed by atoms with Crippen LogP contribution < -0.4 is 5.73 Å². The molecule has 1 heterocycles. The van der Waals surface area contributed by atoms with E-state index in [1.54, 1.807) is 0 Å². The van der Waals surface area contributed by atoms with Crippen molar-refractivity contribution >= 4 is 34.5 Å². The van der Waals surface area contributed by atoms with E-state index < -0.39 is 0 Å². The molecule has 0 spiro atoms. The molecule has 0 fully saturated rings. The molecule has 0 aliphatic carbocycles. The van der Waals surface area contributed by atoms with Gasteiger partial charge in [-0.1, -0.05) is 35.3 Å². The van der Waals surface area contributed by atoms with E-state index in [1.807, 2.05) is 36.4 Å². The highest BCUT2D eigenvalue weighted by Gasteiger charge is 2.11. The zero-order valence-corrected chi connectivity index (χ0v) is 10.1. The fraction of sp³-hybridized carbons (Fsp3) is 0.0909. The van der Waals surface area contributed by atoms with E-state index >= 15 is 0 Å². The van der Waals surface area contributed by atoms with E-state index in [0.29, 0.717) is 5.02 Å². The molecule has 0 aliphatic heterocycles. The molecule has 0 amide bonds. The molecule has 4 heteroatoms. The summed E-state index contributed by atoms with van der Waals surface area (Å²) in [6, 6.07) is 11.2. The van der Waals surface area contributed by atoms with E-state index in [2.05, 4.69) is 0 Å². The van der Waals surface area contributed by atoms with Gasteiger partial charge in [-0.25, -0.2) is 0 Å². The predicted octanol–water partition coefficient (Wildman–Crippen LogP) is 4.10. The van der Waals surface area contributed by atoms with Crippen molar-refractivity contribution in [3.63, 3.8) is 0 Å². The van der Waals surface area contributed by atoms with Crippen molar-refractivity contribution in [3.05, 3.63) is 56.2 Å². The van der Waals surface area contributed by atoms with E-state index in [9.17, 15) is 0 Å². The van der Waals surface area contributed by atoms with Crippen molar-refractivity contribution in [3.8, 4) is 0 Å². The van der Waals surface area contributed by atoms with Gasteiger partial charge in [0, 0.05) is 9.90 Å². The third-order valence-electron chi connectivity index (χ3n) is 2.11. The predicted molar refractivity (Wildman–Crippen MR) is 66.8 cm³/mol. The highest BCUT2D eigenvalue weighted by atomic mass is 35.5. The van der Waals surface area contributed by atoms with Crippen LogP contribution in [0, 0.1) is 0 Å². The number of nitrogens with two attached hydrogens (primary N) is 1. The first kappa shape index (κ1) is 11.0. The molecule has 78 valence electrons. The van der Waals surface area contributed by atoms with Crippen molar-refractivity contribution in [2.45, 2.75) is 6.04 Å². The minimum Gasteiger partial charge on any atom is -0.320 e. The Bertz CT molecular complexity index is 467. The Morgan fingerprint density at radius 3 is 2.53 bits per heavy atom. The minimum atomic E-state index is -0.152. The first-order chi connectivity index (χ1) is 7.16. The van der Waals surface area contributed by atoms with Gasteiger partial charge < -0.3 is 5.73 Å². The van der Waals surface area contributed by atoms with Crippen LogP contribution in [0.15, 0.2) is 36.4 Å². The zero-order chi connectivity index (χ0) is 10.8. The minimum absolute atomic E-state index is 0.152. The van der Waals surface area contributed by atoms with Crippen LogP contribution in [0.3, 0.4) is 0 Å². The third-order valence-corrected chi connectivity index (χ3v) is 3.66. The molecular weight excluding hydrogens is 249 g/mol. The number of benzene rings is 1. The van der Waals surface area contributed by atoms with Crippen LogP contribution in [0.25, 0.3) is 0 Å². The van der Waals surface area contributed by atoms with Gasteiger partial charge in [-0.3, -0.25) is 0 Å². The van der Waals surface area contributed by atoms with Gasteiger partial charge in [0.05, 0.1) is 10.4 Å². The molecule has 1 nitrogen and oxygen atoms in total. The molecule has 2 N–H and O–H groups in total. The summed E-state index contributed by atoms with van der Waals surface area (Å²) in [6.07, 6.45) is 0. The van der Waals surface area contributed by atoms with Gasteiger partial charge in [-0.15, -0.1) is 11.3 Å². The first-order valence-electron chi connectivity index (χ1n) is 4.43. The smallest absolute Gasteiger partial charge is 0.0931 e. The second-order valence-corrected chi connectivity index (χ2v) is 5.36. The van der Waals surface area contributed by atoms with Gasteiger partial charge in [0.25, 0.3) is 0 Å². The molecule has 0 saturated heterocycles. The van der Waals surface area contributed by atoms with Crippen LogP contribution in [-0.2, 0) is 0 Å². The summed E-state index contributed by atoms with van der Waals surface area (Å²) in [5, 5.41) is 0.700. The summed E-state index contributed by atoms with van der Waals surface area (Å²) in [5.41, 5.74) is 7.09. The summed E-state index contributed by atoms with van der Waals surface area (Å²) in [7, 11) is 0. The fourth-order valence-corrected chi connectivity index (χ4v) is 2.65. The first-order valence-corrected chi connectivity index (χ1v) is 6.00. The SMILES string of the molecule is NC(c1cccc(Cl)c1)c1ccc(Cl)s1. The maximum Gasteiger partial charge on any atom is 0.0931 e. The Morgan fingerprint density at radius 1 is 1.13 bits per heavy atom. The monoisotopic (exact) mass is 257 g/mol. The van der Waals surface area contributed by atoms with E-state index in [0.717, 1.165) is 14.8 Å². The second kappa shape index (κ2) is 4.54. The second-order valence-electron chi connectivity index (χ2n) is 3.17. The Labute approximate surface area is 102 Å². The molecular formula is C11H9Cl2NS. The van der Waals surface area contributed by atoms with Gasteiger partial charge in [0.15, 0.2) is 0 Å². The molecule has 1 aromatic heterocycles. The molecule has 2 aromatic rings. The maximum atomic E-state index is 6.09. The van der Waals surface area contributed by atoms with Gasteiger partial charge >= 0.3 is 0 Å². The molecule has 0 aliphatic rings. The standard InChI is InChI=1S/C11H9Cl2NS/c12-8-3-1-2-7(6-8)11(14)9-4-5-10(13)15-9/h1-6,11H,14H2. The van der Waals surface area contributed by atoms with Gasteiger partial charge in [0.2, 0.25) is 0 Å². The Kier molecular flexibility index (Phi) is 3.32. The number of thiophene rings is 1. The van der Waals surface area contributed by atoms with E-state index in [1.165, 1.54) is 11.3 Å². The lowest BCUT2D eigenvalue weighted by atomic mass is 10.1.